The van der Waals surface area contributed by atoms with Crippen LogP contribution in [0.2, 0.25) is 0 Å². The molecule has 5 nitrogen and oxygen atoms in total. The van der Waals surface area contributed by atoms with Gasteiger partial charge in [0.1, 0.15) is 5.52 Å². The van der Waals surface area contributed by atoms with Crippen LogP contribution in [0.15, 0.2) is 91.1 Å². The average Bonchev–Trinajstić information content (AvgIpc) is 3.24. The fourth-order valence-electron chi connectivity index (χ4n) is 4.02. The minimum atomic E-state index is 0.632. The smallest absolute Gasteiger partial charge is 0.178 e. The molecule has 3 heterocycles. The number of H-pyrrole nitrogens is 1. The van der Waals surface area contributed by atoms with Gasteiger partial charge in [0.2, 0.25) is 0 Å². The highest BCUT2D eigenvalue weighted by Crippen LogP contribution is 2.32. The molecule has 0 amide bonds. The summed E-state index contributed by atoms with van der Waals surface area (Å²) >= 11 is 0. The van der Waals surface area contributed by atoms with Gasteiger partial charge in [0.15, 0.2) is 5.65 Å². The first-order valence-electron chi connectivity index (χ1n) is 10.5. The van der Waals surface area contributed by atoms with Crippen molar-refractivity contribution in [2.45, 2.75) is 6.92 Å². The van der Waals surface area contributed by atoms with Crippen LogP contribution in [0.4, 0.5) is 0 Å². The number of aryl methyl sites for hydroxylation is 1. The van der Waals surface area contributed by atoms with Gasteiger partial charge >= 0.3 is 0 Å². The monoisotopic (exact) mass is 413 g/mol. The fraction of sp³-hybridized carbons (Fsp3) is 0.0370. The summed E-state index contributed by atoms with van der Waals surface area (Å²) in [6.45, 7) is 2.03. The summed E-state index contributed by atoms with van der Waals surface area (Å²) in [4.78, 5) is 14.6. The number of fused-ring (bicyclic) bond motifs is 2. The molecule has 0 spiro atoms. The van der Waals surface area contributed by atoms with Crippen LogP contribution in [0, 0.1) is 6.92 Å². The normalized spacial score (nSPS) is 11.3. The molecule has 3 aromatic carbocycles. The Balaban J connectivity index is 1.56. The van der Waals surface area contributed by atoms with E-state index in [2.05, 4.69) is 57.6 Å². The second-order valence-corrected chi connectivity index (χ2v) is 7.80. The zero-order valence-electron chi connectivity index (χ0n) is 17.4. The SMILES string of the molecule is Cc1[nH]nc2ccc(-c3cnc4nc(-c5ccccc5)c(-c5ccccc5)nc4c3)cc12. The maximum absolute atomic E-state index is 5.03. The van der Waals surface area contributed by atoms with Crippen molar-refractivity contribution in [3.8, 4) is 33.6 Å². The van der Waals surface area contributed by atoms with E-state index in [0.29, 0.717) is 5.65 Å². The number of pyridine rings is 1. The molecule has 3 aromatic heterocycles. The molecule has 0 fully saturated rings. The number of aromatic nitrogens is 5. The van der Waals surface area contributed by atoms with Crippen molar-refractivity contribution in [3.05, 3.63) is 96.8 Å². The summed E-state index contributed by atoms with van der Waals surface area (Å²) in [7, 11) is 0. The average molecular weight is 413 g/mol. The Morgan fingerprint density at radius 3 is 2.03 bits per heavy atom. The lowest BCUT2D eigenvalue weighted by atomic mass is 10.0. The second kappa shape index (κ2) is 7.39. The lowest BCUT2D eigenvalue weighted by Gasteiger charge is -2.11. The van der Waals surface area contributed by atoms with Gasteiger partial charge in [-0.3, -0.25) is 5.10 Å². The van der Waals surface area contributed by atoms with E-state index in [1.165, 1.54) is 0 Å². The van der Waals surface area contributed by atoms with Crippen LogP contribution in [0.1, 0.15) is 5.69 Å². The van der Waals surface area contributed by atoms with E-state index in [-0.39, 0.29) is 0 Å². The molecular weight excluding hydrogens is 394 g/mol. The van der Waals surface area contributed by atoms with Gasteiger partial charge in [-0.2, -0.15) is 5.10 Å². The quantitative estimate of drug-likeness (QED) is 0.374. The van der Waals surface area contributed by atoms with Crippen molar-refractivity contribution in [2.75, 3.05) is 0 Å². The van der Waals surface area contributed by atoms with Gasteiger partial charge < -0.3 is 0 Å². The lowest BCUT2D eigenvalue weighted by molar-refractivity contribution is 1.07. The largest absolute Gasteiger partial charge is 0.282 e. The van der Waals surface area contributed by atoms with Gasteiger partial charge in [-0.15, -0.1) is 0 Å². The lowest BCUT2D eigenvalue weighted by Crippen LogP contribution is -1.97. The molecule has 0 aliphatic carbocycles. The minimum Gasteiger partial charge on any atom is -0.282 e. The van der Waals surface area contributed by atoms with Crippen molar-refractivity contribution in [3.63, 3.8) is 0 Å². The number of nitrogens with one attached hydrogen (secondary N) is 1. The summed E-state index contributed by atoms with van der Waals surface area (Å²) < 4.78 is 0. The van der Waals surface area contributed by atoms with Crippen LogP contribution in [-0.2, 0) is 0 Å². The van der Waals surface area contributed by atoms with Gasteiger partial charge in [0.05, 0.1) is 16.9 Å². The first-order valence-corrected chi connectivity index (χ1v) is 10.5. The standard InChI is InChI=1S/C27H19N5/c1-17-22-14-20(12-13-23(22)32-31-17)21-15-24-27(28-16-21)30-26(19-10-6-3-7-11-19)25(29-24)18-8-4-2-5-9-18/h2-16H,1H3,(H,31,32). The Morgan fingerprint density at radius 1 is 0.625 bits per heavy atom. The van der Waals surface area contributed by atoms with Crippen molar-refractivity contribution < 1.29 is 0 Å². The van der Waals surface area contributed by atoms with Crippen LogP contribution in [0.5, 0.6) is 0 Å². The Kier molecular flexibility index (Phi) is 4.25. The topological polar surface area (TPSA) is 67.3 Å². The second-order valence-electron chi connectivity index (χ2n) is 7.80. The summed E-state index contributed by atoms with van der Waals surface area (Å²) in [5.74, 6) is 0. The summed E-state index contributed by atoms with van der Waals surface area (Å²) in [6.07, 6.45) is 1.87. The molecule has 152 valence electrons. The van der Waals surface area contributed by atoms with Crippen molar-refractivity contribution >= 4 is 22.1 Å². The highest BCUT2D eigenvalue weighted by atomic mass is 15.1. The van der Waals surface area contributed by atoms with E-state index in [1.54, 1.807) is 0 Å². The summed E-state index contributed by atoms with van der Waals surface area (Å²) in [5, 5.41) is 8.48. The van der Waals surface area contributed by atoms with E-state index >= 15 is 0 Å². The molecule has 0 unspecified atom stereocenters. The van der Waals surface area contributed by atoms with E-state index in [9.17, 15) is 0 Å². The van der Waals surface area contributed by atoms with Gasteiger partial charge in [0, 0.05) is 34.0 Å². The first-order chi connectivity index (χ1) is 15.8. The van der Waals surface area contributed by atoms with E-state index in [4.69, 9.17) is 9.97 Å². The molecule has 0 saturated carbocycles. The number of benzene rings is 3. The molecule has 5 heteroatoms. The number of rotatable bonds is 3. The highest BCUT2D eigenvalue weighted by Gasteiger charge is 2.14. The van der Waals surface area contributed by atoms with Crippen LogP contribution in [-0.4, -0.2) is 25.1 Å². The Labute approximate surface area is 184 Å². The molecule has 32 heavy (non-hydrogen) atoms. The predicted molar refractivity (Wildman–Crippen MR) is 128 cm³/mol. The third-order valence-electron chi connectivity index (χ3n) is 5.69. The Hall–Kier alpha value is -4.38. The van der Waals surface area contributed by atoms with Crippen molar-refractivity contribution in [2.24, 2.45) is 0 Å². The molecule has 0 aliphatic heterocycles. The van der Waals surface area contributed by atoms with Crippen LogP contribution in [0.25, 0.3) is 55.7 Å². The van der Waals surface area contributed by atoms with Gasteiger partial charge in [-0.25, -0.2) is 15.0 Å². The molecule has 6 aromatic rings. The molecule has 0 atom stereocenters. The molecule has 0 radical (unpaired) electrons. The van der Waals surface area contributed by atoms with Crippen molar-refractivity contribution in [1.82, 2.24) is 25.1 Å². The van der Waals surface area contributed by atoms with Crippen LogP contribution >= 0.6 is 0 Å². The van der Waals surface area contributed by atoms with Crippen LogP contribution in [0.3, 0.4) is 0 Å². The number of hydrogen-bond acceptors (Lipinski definition) is 4. The number of hydrogen-bond donors (Lipinski definition) is 1. The molecule has 1 N–H and O–H groups in total. The van der Waals surface area contributed by atoms with E-state index < -0.39 is 0 Å². The zero-order valence-corrected chi connectivity index (χ0v) is 17.4. The minimum absolute atomic E-state index is 0.632. The van der Waals surface area contributed by atoms with Gasteiger partial charge in [0.25, 0.3) is 0 Å². The Morgan fingerprint density at radius 2 is 1.31 bits per heavy atom. The summed E-state index contributed by atoms with van der Waals surface area (Å²) in [5.41, 5.74) is 9.22. The van der Waals surface area contributed by atoms with Crippen LogP contribution < -0.4 is 0 Å². The molecule has 0 bridgehead atoms. The maximum Gasteiger partial charge on any atom is 0.178 e. The van der Waals surface area contributed by atoms with Crippen molar-refractivity contribution in [1.29, 1.82) is 0 Å². The van der Waals surface area contributed by atoms with Gasteiger partial charge in [-0.1, -0.05) is 66.7 Å². The zero-order chi connectivity index (χ0) is 21.5. The molecule has 0 aliphatic rings. The molecular formula is C27H19N5. The highest BCUT2D eigenvalue weighted by molar-refractivity contribution is 5.89. The molecule has 0 saturated heterocycles. The Bertz CT molecular complexity index is 1570. The number of aromatic amines is 1. The van der Waals surface area contributed by atoms with Gasteiger partial charge in [-0.05, 0) is 30.7 Å². The van der Waals surface area contributed by atoms with E-state index in [0.717, 1.165) is 55.8 Å². The molecule has 6 rings (SSSR count). The number of nitrogens with zero attached hydrogens (tertiary/aromatic N) is 4. The third kappa shape index (κ3) is 3.11. The predicted octanol–water partition coefficient (Wildman–Crippen LogP) is 6.21. The third-order valence-corrected chi connectivity index (χ3v) is 5.69. The summed E-state index contributed by atoms with van der Waals surface area (Å²) in [6, 6.07) is 28.6. The first kappa shape index (κ1) is 18.4. The fourth-order valence-corrected chi connectivity index (χ4v) is 4.02. The maximum atomic E-state index is 5.03. The van der Waals surface area contributed by atoms with E-state index in [1.807, 2.05) is 55.6 Å².